The predicted molar refractivity (Wildman–Crippen MR) is 103 cm³/mol. The standard InChI is InChI=1S/C23H21NO/c1-17-8-2-7-13-23(17)24-25-16-19-10-4-6-12-21(19)22-15-14-18-9-3-5-11-20(18)22/h2-15,22,24H,16H2,1H3. The van der Waals surface area contributed by atoms with Gasteiger partial charge in [0.2, 0.25) is 0 Å². The van der Waals surface area contributed by atoms with Gasteiger partial charge >= 0.3 is 0 Å². The molecule has 0 heterocycles. The molecule has 1 atom stereocenters. The Balaban J connectivity index is 1.53. The number of nitrogens with one attached hydrogen (secondary N) is 1. The molecule has 2 nitrogen and oxygen atoms in total. The van der Waals surface area contributed by atoms with Crippen molar-refractivity contribution in [2.24, 2.45) is 0 Å². The fourth-order valence-corrected chi connectivity index (χ4v) is 3.37. The van der Waals surface area contributed by atoms with Gasteiger partial charge in [0, 0.05) is 5.92 Å². The maximum Gasteiger partial charge on any atom is 0.0999 e. The molecule has 1 aliphatic rings. The Morgan fingerprint density at radius 3 is 2.44 bits per heavy atom. The maximum absolute atomic E-state index is 5.80. The Hall–Kier alpha value is -2.84. The van der Waals surface area contributed by atoms with Crippen LogP contribution in [0.1, 0.15) is 33.7 Å². The van der Waals surface area contributed by atoms with Crippen molar-refractivity contribution in [3.63, 3.8) is 0 Å². The summed E-state index contributed by atoms with van der Waals surface area (Å²) in [5, 5.41) is 0. The van der Waals surface area contributed by atoms with Gasteiger partial charge in [-0.1, -0.05) is 78.9 Å². The fraction of sp³-hybridized carbons (Fsp3) is 0.130. The smallest absolute Gasteiger partial charge is 0.0999 e. The number of rotatable bonds is 5. The minimum Gasteiger partial charge on any atom is -0.271 e. The molecule has 124 valence electrons. The zero-order chi connectivity index (χ0) is 17.1. The average Bonchev–Trinajstić information content (AvgIpc) is 3.08. The maximum atomic E-state index is 5.80. The Morgan fingerprint density at radius 1 is 0.840 bits per heavy atom. The molecule has 2 heteroatoms. The number of hydrogen-bond donors (Lipinski definition) is 1. The summed E-state index contributed by atoms with van der Waals surface area (Å²) >= 11 is 0. The van der Waals surface area contributed by atoms with Crippen LogP contribution in [-0.4, -0.2) is 0 Å². The fourth-order valence-electron chi connectivity index (χ4n) is 3.37. The van der Waals surface area contributed by atoms with Crippen molar-refractivity contribution >= 4 is 11.8 Å². The molecule has 4 rings (SSSR count). The molecule has 1 N–H and O–H groups in total. The van der Waals surface area contributed by atoms with Crippen LogP contribution in [0.3, 0.4) is 0 Å². The molecule has 3 aromatic carbocycles. The first-order valence-electron chi connectivity index (χ1n) is 8.61. The zero-order valence-corrected chi connectivity index (χ0v) is 14.3. The topological polar surface area (TPSA) is 21.3 Å². The van der Waals surface area contributed by atoms with Crippen LogP contribution in [0.5, 0.6) is 0 Å². The second kappa shape index (κ2) is 6.96. The summed E-state index contributed by atoms with van der Waals surface area (Å²) < 4.78 is 0. The van der Waals surface area contributed by atoms with Gasteiger partial charge in [-0.15, -0.1) is 0 Å². The van der Waals surface area contributed by atoms with Crippen LogP contribution in [0.25, 0.3) is 6.08 Å². The molecule has 0 aromatic heterocycles. The summed E-state index contributed by atoms with van der Waals surface area (Å²) in [5.41, 5.74) is 10.4. The van der Waals surface area contributed by atoms with Gasteiger partial charge in [0.25, 0.3) is 0 Å². The van der Waals surface area contributed by atoms with Crippen LogP contribution in [0.4, 0.5) is 5.69 Å². The van der Waals surface area contributed by atoms with Crippen LogP contribution in [-0.2, 0) is 11.4 Å². The van der Waals surface area contributed by atoms with E-state index in [1.54, 1.807) is 0 Å². The second-order valence-electron chi connectivity index (χ2n) is 6.37. The van der Waals surface area contributed by atoms with Gasteiger partial charge in [0.15, 0.2) is 0 Å². The number of anilines is 1. The van der Waals surface area contributed by atoms with Gasteiger partial charge in [-0.05, 0) is 40.8 Å². The molecule has 0 amide bonds. The van der Waals surface area contributed by atoms with E-state index in [0.29, 0.717) is 12.5 Å². The highest BCUT2D eigenvalue weighted by molar-refractivity contribution is 5.65. The predicted octanol–water partition coefficient (Wildman–Crippen LogP) is 5.70. The highest BCUT2D eigenvalue weighted by Gasteiger charge is 2.20. The Labute approximate surface area is 148 Å². The number of benzene rings is 3. The van der Waals surface area contributed by atoms with Crippen molar-refractivity contribution in [2.45, 2.75) is 19.4 Å². The van der Waals surface area contributed by atoms with E-state index < -0.39 is 0 Å². The van der Waals surface area contributed by atoms with Gasteiger partial charge in [-0.3, -0.25) is 10.3 Å². The van der Waals surface area contributed by atoms with Gasteiger partial charge in [-0.2, -0.15) is 0 Å². The summed E-state index contributed by atoms with van der Waals surface area (Å²) in [4.78, 5) is 5.80. The lowest BCUT2D eigenvalue weighted by atomic mass is 9.90. The molecule has 0 radical (unpaired) electrons. The van der Waals surface area contributed by atoms with E-state index in [2.05, 4.69) is 79.2 Å². The van der Waals surface area contributed by atoms with E-state index in [1.165, 1.54) is 27.8 Å². The van der Waals surface area contributed by atoms with E-state index in [4.69, 9.17) is 4.84 Å². The number of fused-ring (bicyclic) bond motifs is 1. The van der Waals surface area contributed by atoms with Gasteiger partial charge < -0.3 is 0 Å². The minimum absolute atomic E-state index is 0.300. The number of hydrogen-bond acceptors (Lipinski definition) is 2. The van der Waals surface area contributed by atoms with E-state index in [0.717, 1.165) is 5.69 Å². The highest BCUT2D eigenvalue weighted by atomic mass is 16.6. The molecule has 0 spiro atoms. The summed E-state index contributed by atoms with van der Waals surface area (Å²) in [6.45, 7) is 2.59. The Kier molecular flexibility index (Phi) is 4.36. The molecular formula is C23H21NO. The molecule has 0 aliphatic heterocycles. The Morgan fingerprint density at radius 2 is 1.56 bits per heavy atom. The van der Waals surface area contributed by atoms with Crippen molar-refractivity contribution in [2.75, 3.05) is 5.48 Å². The van der Waals surface area contributed by atoms with Crippen molar-refractivity contribution in [3.05, 3.63) is 107 Å². The number of para-hydroxylation sites is 1. The van der Waals surface area contributed by atoms with Crippen LogP contribution >= 0.6 is 0 Å². The summed E-state index contributed by atoms with van der Waals surface area (Å²) in [7, 11) is 0. The van der Waals surface area contributed by atoms with Gasteiger partial charge in [-0.25, -0.2) is 0 Å². The quantitative estimate of drug-likeness (QED) is 0.607. The van der Waals surface area contributed by atoms with Crippen molar-refractivity contribution in [1.29, 1.82) is 0 Å². The second-order valence-corrected chi connectivity index (χ2v) is 6.37. The molecule has 1 aliphatic carbocycles. The van der Waals surface area contributed by atoms with E-state index in [9.17, 15) is 0 Å². The largest absolute Gasteiger partial charge is 0.271 e. The monoisotopic (exact) mass is 327 g/mol. The van der Waals surface area contributed by atoms with Crippen LogP contribution in [0.2, 0.25) is 0 Å². The molecule has 0 saturated carbocycles. The molecule has 3 aromatic rings. The lowest BCUT2D eigenvalue weighted by molar-refractivity contribution is 0.179. The molecule has 0 bridgehead atoms. The third kappa shape index (κ3) is 3.21. The zero-order valence-electron chi connectivity index (χ0n) is 14.3. The van der Waals surface area contributed by atoms with Crippen LogP contribution in [0, 0.1) is 6.92 Å². The first-order chi connectivity index (χ1) is 12.3. The molecule has 25 heavy (non-hydrogen) atoms. The minimum atomic E-state index is 0.300. The normalized spacial score (nSPS) is 15.2. The summed E-state index contributed by atoms with van der Waals surface area (Å²) in [5.74, 6) is 0.300. The third-order valence-corrected chi connectivity index (χ3v) is 4.74. The van der Waals surface area contributed by atoms with E-state index >= 15 is 0 Å². The van der Waals surface area contributed by atoms with Crippen molar-refractivity contribution in [3.8, 4) is 0 Å². The molecule has 1 unspecified atom stereocenters. The first-order valence-corrected chi connectivity index (χ1v) is 8.61. The summed E-state index contributed by atoms with van der Waals surface area (Å²) in [6, 6.07) is 25.2. The van der Waals surface area contributed by atoms with Gasteiger partial charge in [0.05, 0.1) is 12.3 Å². The summed E-state index contributed by atoms with van der Waals surface area (Å²) in [6.07, 6.45) is 4.49. The molecule has 0 fully saturated rings. The average molecular weight is 327 g/mol. The van der Waals surface area contributed by atoms with Crippen LogP contribution in [0.15, 0.2) is 78.9 Å². The Bertz CT molecular complexity index is 913. The van der Waals surface area contributed by atoms with Gasteiger partial charge in [0.1, 0.15) is 0 Å². The molecular weight excluding hydrogens is 306 g/mol. The lowest BCUT2D eigenvalue weighted by Gasteiger charge is -2.17. The van der Waals surface area contributed by atoms with Crippen molar-refractivity contribution < 1.29 is 4.84 Å². The SMILES string of the molecule is Cc1ccccc1NOCc1ccccc1C1C=Cc2ccccc21. The van der Waals surface area contributed by atoms with E-state index in [-0.39, 0.29) is 0 Å². The lowest BCUT2D eigenvalue weighted by Crippen LogP contribution is -2.06. The number of allylic oxidation sites excluding steroid dienone is 1. The molecule has 0 saturated heterocycles. The van der Waals surface area contributed by atoms with E-state index in [1.807, 2.05) is 18.2 Å². The van der Waals surface area contributed by atoms with Crippen molar-refractivity contribution in [1.82, 2.24) is 0 Å². The number of aryl methyl sites for hydroxylation is 1. The van der Waals surface area contributed by atoms with Crippen LogP contribution < -0.4 is 5.48 Å². The first kappa shape index (κ1) is 15.7. The third-order valence-electron chi connectivity index (χ3n) is 4.74. The highest BCUT2D eigenvalue weighted by Crippen LogP contribution is 2.36.